The highest BCUT2D eigenvalue weighted by molar-refractivity contribution is 7.20. The fourth-order valence-corrected chi connectivity index (χ4v) is 3.61. The van der Waals surface area contributed by atoms with Gasteiger partial charge in [0, 0.05) is 36.8 Å². The zero-order chi connectivity index (χ0) is 16.4. The summed E-state index contributed by atoms with van der Waals surface area (Å²) >= 11 is 7.49. The lowest BCUT2D eigenvalue weighted by Gasteiger charge is -2.26. The number of ether oxygens (including phenoxy) is 1. The van der Waals surface area contributed by atoms with E-state index in [1.807, 2.05) is 35.0 Å². The molecule has 0 aliphatic carbocycles. The minimum absolute atomic E-state index is 0.727. The molecule has 1 N–H and O–H groups in total. The third-order valence-electron chi connectivity index (χ3n) is 3.99. The molecule has 4 rings (SSSR count). The first-order chi connectivity index (χ1) is 11.8. The number of rotatable bonds is 5. The second kappa shape index (κ2) is 7.06. The number of halogens is 1. The molecule has 0 bridgehead atoms. The Labute approximate surface area is 149 Å². The van der Waals surface area contributed by atoms with Crippen LogP contribution in [-0.4, -0.2) is 58.9 Å². The quantitative estimate of drug-likeness (QED) is 0.755. The third-order valence-corrected chi connectivity index (χ3v) is 5.12. The predicted molar refractivity (Wildman–Crippen MR) is 97.1 cm³/mol. The summed E-state index contributed by atoms with van der Waals surface area (Å²) < 4.78 is 7.18. The standard InChI is InChI=1S/C16H18ClN5OS/c17-13-3-1-12(2-4-13)14-11-22-16(19-14)24-15(20-22)18-5-6-21-7-9-23-10-8-21/h1-4,11H,5-10H2,(H,18,20). The van der Waals surface area contributed by atoms with Crippen LogP contribution in [0.2, 0.25) is 5.02 Å². The molecule has 8 heteroatoms. The van der Waals surface area contributed by atoms with Crippen molar-refractivity contribution in [2.45, 2.75) is 0 Å². The molecule has 0 amide bonds. The van der Waals surface area contributed by atoms with Crippen LogP contribution in [0.3, 0.4) is 0 Å². The van der Waals surface area contributed by atoms with Crippen molar-refractivity contribution in [3.63, 3.8) is 0 Å². The molecule has 1 fully saturated rings. The smallest absolute Gasteiger partial charge is 0.214 e. The van der Waals surface area contributed by atoms with Crippen LogP contribution in [0.25, 0.3) is 16.2 Å². The van der Waals surface area contributed by atoms with Gasteiger partial charge >= 0.3 is 0 Å². The number of imidazole rings is 1. The predicted octanol–water partition coefficient (Wildman–Crippen LogP) is 2.86. The number of morpholine rings is 1. The molecule has 0 spiro atoms. The number of anilines is 1. The highest BCUT2D eigenvalue weighted by Gasteiger charge is 2.12. The molecular formula is C16H18ClN5OS. The first-order valence-corrected chi connectivity index (χ1v) is 9.13. The van der Waals surface area contributed by atoms with E-state index in [4.69, 9.17) is 16.3 Å². The van der Waals surface area contributed by atoms with E-state index < -0.39 is 0 Å². The molecule has 2 aromatic heterocycles. The van der Waals surface area contributed by atoms with Gasteiger partial charge in [-0.1, -0.05) is 35.1 Å². The maximum absolute atomic E-state index is 5.93. The molecule has 6 nitrogen and oxygen atoms in total. The summed E-state index contributed by atoms with van der Waals surface area (Å²) in [6.45, 7) is 5.56. The third kappa shape index (κ3) is 3.54. The van der Waals surface area contributed by atoms with Gasteiger partial charge in [-0.3, -0.25) is 4.90 Å². The van der Waals surface area contributed by atoms with Crippen LogP contribution in [-0.2, 0) is 4.74 Å². The van der Waals surface area contributed by atoms with E-state index in [0.717, 1.165) is 65.8 Å². The van der Waals surface area contributed by atoms with Crippen molar-refractivity contribution in [1.29, 1.82) is 0 Å². The Morgan fingerprint density at radius 3 is 2.75 bits per heavy atom. The Morgan fingerprint density at radius 1 is 1.21 bits per heavy atom. The second-order valence-electron chi connectivity index (χ2n) is 5.65. The normalized spacial score (nSPS) is 15.9. The average molecular weight is 364 g/mol. The first-order valence-electron chi connectivity index (χ1n) is 7.94. The zero-order valence-electron chi connectivity index (χ0n) is 13.1. The van der Waals surface area contributed by atoms with E-state index in [9.17, 15) is 0 Å². The van der Waals surface area contributed by atoms with Gasteiger partial charge in [0.15, 0.2) is 0 Å². The van der Waals surface area contributed by atoms with Crippen molar-refractivity contribution in [1.82, 2.24) is 19.5 Å². The molecule has 1 aliphatic rings. The van der Waals surface area contributed by atoms with Crippen LogP contribution in [0.4, 0.5) is 5.13 Å². The van der Waals surface area contributed by atoms with Gasteiger partial charge in [-0.25, -0.2) is 9.50 Å². The SMILES string of the molecule is Clc1ccc(-c2cn3nc(NCCN4CCOCC4)sc3n2)cc1. The first kappa shape index (κ1) is 15.8. The maximum atomic E-state index is 5.93. The van der Waals surface area contributed by atoms with Crippen LogP contribution in [0.15, 0.2) is 30.5 Å². The second-order valence-corrected chi connectivity index (χ2v) is 7.04. The molecule has 3 aromatic rings. The summed E-state index contributed by atoms with van der Waals surface area (Å²) in [5.74, 6) is 0. The summed E-state index contributed by atoms with van der Waals surface area (Å²) in [6.07, 6.45) is 1.95. The Morgan fingerprint density at radius 2 is 2.00 bits per heavy atom. The number of benzene rings is 1. The molecule has 1 saturated heterocycles. The van der Waals surface area contributed by atoms with E-state index in [1.165, 1.54) is 0 Å². The van der Waals surface area contributed by atoms with Crippen molar-refractivity contribution in [2.24, 2.45) is 0 Å². The number of nitrogens with zero attached hydrogens (tertiary/aromatic N) is 4. The van der Waals surface area contributed by atoms with Crippen molar-refractivity contribution in [3.8, 4) is 11.3 Å². The topological polar surface area (TPSA) is 54.7 Å². The van der Waals surface area contributed by atoms with E-state index in [2.05, 4.69) is 20.3 Å². The molecule has 0 atom stereocenters. The van der Waals surface area contributed by atoms with Crippen LogP contribution in [0.5, 0.6) is 0 Å². The van der Waals surface area contributed by atoms with Gasteiger partial charge in [-0.05, 0) is 12.1 Å². The molecule has 126 valence electrons. The summed E-state index contributed by atoms with van der Waals surface area (Å²) in [5, 5.41) is 9.56. The monoisotopic (exact) mass is 363 g/mol. The fraction of sp³-hybridized carbons (Fsp3) is 0.375. The van der Waals surface area contributed by atoms with Gasteiger partial charge < -0.3 is 10.1 Å². The summed E-state index contributed by atoms with van der Waals surface area (Å²) in [4.78, 5) is 7.92. The summed E-state index contributed by atoms with van der Waals surface area (Å²) in [7, 11) is 0. The van der Waals surface area contributed by atoms with Crippen molar-refractivity contribution in [3.05, 3.63) is 35.5 Å². The molecule has 0 radical (unpaired) electrons. The number of aromatic nitrogens is 3. The van der Waals surface area contributed by atoms with Gasteiger partial charge in [-0.15, -0.1) is 5.10 Å². The number of fused-ring (bicyclic) bond motifs is 1. The Kier molecular flexibility index (Phi) is 4.66. The number of nitrogens with one attached hydrogen (secondary N) is 1. The van der Waals surface area contributed by atoms with Crippen LogP contribution < -0.4 is 5.32 Å². The Balaban J connectivity index is 1.39. The molecule has 1 aromatic carbocycles. The van der Waals surface area contributed by atoms with Crippen LogP contribution in [0, 0.1) is 0 Å². The van der Waals surface area contributed by atoms with Crippen LogP contribution >= 0.6 is 22.9 Å². The lowest BCUT2D eigenvalue weighted by molar-refractivity contribution is 0.0398. The molecule has 0 unspecified atom stereocenters. The van der Waals surface area contributed by atoms with Crippen molar-refractivity contribution < 1.29 is 4.74 Å². The fourth-order valence-electron chi connectivity index (χ4n) is 2.68. The largest absolute Gasteiger partial charge is 0.379 e. The Hall–Kier alpha value is -1.67. The highest BCUT2D eigenvalue weighted by atomic mass is 35.5. The average Bonchev–Trinajstić information content (AvgIpc) is 3.15. The Bertz CT molecular complexity index is 778. The van der Waals surface area contributed by atoms with Crippen molar-refractivity contribution >= 4 is 33.0 Å². The minimum Gasteiger partial charge on any atom is -0.379 e. The van der Waals surface area contributed by atoms with Gasteiger partial charge in [0.05, 0.1) is 25.1 Å². The van der Waals surface area contributed by atoms with Gasteiger partial charge in [0.2, 0.25) is 10.1 Å². The summed E-state index contributed by atoms with van der Waals surface area (Å²) in [5.41, 5.74) is 1.95. The van der Waals surface area contributed by atoms with Gasteiger partial charge in [0.1, 0.15) is 0 Å². The number of hydrogen-bond acceptors (Lipinski definition) is 6. The zero-order valence-corrected chi connectivity index (χ0v) is 14.7. The van der Waals surface area contributed by atoms with Gasteiger partial charge in [-0.2, -0.15) is 0 Å². The molecule has 24 heavy (non-hydrogen) atoms. The molecule has 0 saturated carbocycles. The van der Waals surface area contributed by atoms with E-state index in [1.54, 1.807) is 11.3 Å². The van der Waals surface area contributed by atoms with E-state index in [-0.39, 0.29) is 0 Å². The van der Waals surface area contributed by atoms with Crippen molar-refractivity contribution in [2.75, 3.05) is 44.7 Å². The van der Waals surface area contributed by atoms with Crippen LogP contribution in [0.1, 0.15) is 0 Å². The molecule has 1 aliphatic heterocycles. The maximum Gasteiger partial charge on any atom is 0.214 e. The van der Waals surface area contributed by atoms with Gasteiger partial charge in [0.25, 0.3) is 0 Å². The molecule has 3 heterocycles. The highest BCUT2D eigenvalue weighted by Crippen LogP contribution is 2.25. The number of hydrogen-bond donors (Lipinski definition) is 1. The minimum atomic E-state index is 0.727. The summed E-state index contributed by atoms with van der Waals surface area (Å²) in [6, 6.07) is 7.68. The molecular weight excluding hydrogens is 346 g/mol. The lowest BCUT2D eigenvalue weighted by Crippen LogP contribution is -2.39. The van der Waals surface area contributed by atoms with E-state index >= 15 is 0 Å². The van der Waals surface area contributed by atoms with E-state index in [0.29, 0.717) is 0 Å². The lowest BCUT2D eigenvalue weighted by atomic mass is 10.2.